The monoisotopic (exact) mass is 276 g/mol. The van der Waals surface area contributed by atoms with E-state index in [2.05, 4.69) is 19.2 Å². The Bertz CT molecular complexity index is 528. The Morgan fingerprint density at radius 2 is 2.00 bits per heavy atom. The number of hydrogen-bond acceptors (Lipinski definition) is 4. The first-order valence-corrected chi connectivity index (χ1v) is 6.99. The van der Waals surface area contributed by atoms with Crippen LogP contribution in [0.3, 0.4) is 0 Å². The quantitative estimate of drug-likeness (QED) is 0.839. The van der Waals surface area contributed by atoms with E-state index in [1.54, 1.807) is 6.07 Å². The molecule has 2 heterocycles. The van der Waals surface area contributed by atoms with E-state index >= 15 is 0 Å². The lowest BCUT2D eigenvalue weighted by Gasteiger charge is -2.39. The maximum atomic E-state index is 12.6. The van der Waals surface area contributed by atoms with Crippen LogP contribution in [0.2, 0.25) is 0 Å². The van der Waals surface area contributed by atoms with Crippen LogP contribution < -0.4 is 14.8 Å². The summed E-state index contributed by atoms with van der Waals surface area (Å²) >= 11 is 0. The molecule has 0 bridgehead atoms. The van der Waals surface area contributed by atoms with Gasteiger partial charge in [0.05, 0.1) is 0 Å². The lowest BCUT2D eigenvalue weighted by Crippen LogP contribution is -2.58. The van der Waals surface area contributed by atoms with Crippen LogP contribution in [0.5, 0.6) is 11.5 Å². The molecule has 2 aliphatic heterocycles. The van der Waals surface area contributed by atoms with Crippen molar-refractivity contribution in [2.45, 2.75) is 19.4 Å². The standard InChI is InChI=1S/C15H20N2O3/c1-15(2)10-17(6-5-16-15)14(18)11-3-4-12-13(9-11)20-8-7-19-12/h3-4,9,16H,5-8,10H2,1-2H3. The molecule has 0 aromatic heterocycles. The van der Waals surface area contributed by atoms with E-state index in [4.69, 9.17) is 9.47 Å². The summed E-state index contributed by atoms with van der Waals surface area (Å²) in [6, 6.07) is 5.41. The van der Waals surface area contributed by atoms with Crippen LogP contribution in [0.15, 0.2) is 18.2 Å². The van der Waals surface area contributed by atoms with Crippen LogP contribution in [-0.2, 0) is 0 Å². The lowest BCUT2D eigenvalue weighted by atomic mass is 10.0. The van der Waals surface area contributed by atoms with E-state index in [-0.39, 0.29) is 11.4 Å². The molecular formula is C15H20N2O3. The highest BCUT2D eigenvalue weighted by molar-refractivity contribution is 5.95. The number of ether oxygens (including phenoxy) is 2. The summed E-state index contributed by atoms with van der Waals surface area (Å²) in [5, 5.41) is 3.41. The lowest BCUT2D eigenvalue weighted by molar-refractivity contribution is 0.0651. The Labute approximate surface area is 118 Å². The van der Waals surface area contributed by atoms with E-state index in [0.29, 0.717) is 36.8 Å². The van der Waals surface area contributed by atoms with Crippen LogP contribution in [0.1, 0.15) is 24.2 Å². The second-order valence-corrected chi connectivity index (χ2v) is 5.90. The van der Waals surface area contributed by atoms with Gasteiger partial charge < -0.3 is 19.7 Å². The average molecular weight is 276 g/mol. The molecule has 0 saturated carbocycles. The van der Waals surface area contributed by atoms with Gasteiger partial charge in [0.15, 0.2) is 11.5 Å². The molecule has 1 saturated heterocycles. The van der Waals surface area contributed by atoms with E-state index in [9.17, 15) is 4.79 Å². The third-order valence-corrected chi connectivity index (χ3v) is 3.65. The molecule has 3 rings (SSSR count). The first-order chi connectivity index (χ1) is 9.55. The smallest absolute Gasteiger partial charge is 0.254 e. The minimum absolute atomic E-state index is 0.0400. The van der Waals surface area contributed by atoms with E-state index in [0.717, 1.165) is 13.1 Å². The molecule has 2 aliphatic rings. The van der Waals surface area contributed by atoms with Crippen molar-refractivity contribution in [2.75, 3.05) is 32.8 Å². The predicted molar refractivity (Wildman–Crippen MR) is 75.4 cm³/mol. The summed E-state index contributed by atoms with van der Waals surface area (Å²) in [4.78, 5) is 14.5. The first kappa shape index (κ1) is 13.2. The van der Waals surface area contributed by atoms with Crippen LogP contribution in [-0.4, -0.2) is 49.2 Å². The number of nitrogens with one attached hydrogen (secondary N) is 1. The topological polar surface area (TPSA) is 50.8 Å². The fourth-order valence-corrected chi connectivity index (χ4v) is 2.67. The van der Waals surface area contributed by atoms with Gasteiger partial charge in [0, 0.05) is 30.7 Å². The number of nitrogens with zero attached hydrogens (tertiary/aromatic N) is 1. The van der Waals surface area contributed by atoms with Crippen LogP contribution >= 0.6 is 0 Å². The number of hydrogen-bond donors (Lipinski definition) is 1. The maximum Gasteiger partial charge on any atom is 0.254 e. The van der Waals surface area contributed by atoms with Crippen LogP contribution in [0.4, 0.5) is 0 Å². The Balaban J connectivity index is 1.80. The Hall–Kier alpha value is -1.75. The van der Waals surface area contributed by atoms with Gasteiger partial charge in [-0.25, -0.2) is 0 Å². The van der Waals surface area contributed by atoms with E-state index in [1.165, 1.54) is 0 Å². The Morgan fingerprint density at radius 1 is 1.25 bits per heavy atom. The maximum absolute atomic E-state index is 12.6. The Kier molecular flexibility index (Phi) is 3.30. The highest BCUT2D eigenvalue weighted by atomic mass is 16.6. The number of piperazine rings is 1. The third-order valence-electron chi connectivity index (χ3n) is 3.65. The average Bonchev–Trinajstić information content (AvgIpc) is 2.45. The number of rotatable bonds is 1. The van der Waals surface area contributed by atoms with E-state index < -0.39 is 0 Å². The number of carbonyl (C=O) groups is 1. The van der Waals surface area contributed by atoms with Crippen molar-refractivity contribution in [1.29, 1.82) is 0 Å². The van der Waals surface area contributed by atoms with Crippen molar-refractivity contribution in [1.82, 2.24) is 10.2 Å². The fraction of sp³-hybridized carbons (Fsp3) is 0.533. The third kappa shape index (κ3) is 2.58. The summed E-state index contributed by atoms with van der Waals surface area (Å²) in [5.74, 6) is 1.43. The number of fused-ring (bicyclic) bond motifs is 1. The fourth-order valence-electron chi connectivity index (χ4n) is 2.67. The van der Waals surface area contributed by atoms with Gasteiger partial charge in [0.1, 0.15) is 13.2 Å². The zero-order chi connectivity index (χ0) is 14.2. The zero-order valence-corrected chi connectivity index (χ0v) is 11.9. The summed E-state index contributed by atoms with van der Waals surface area (Å²) in [6.07, 6.45) is 0. The van der Waals surface area contributed by atoms with Gasteiger partial charge in [-0.1, -0.05) is 0 Å². The van der Waals surface area contributed by atoms with Gasteiger partial charge in [0.2, 0.25) is 0 Å². The summed E-state index contributed by atoms with van der Waals surface area (Å²) in [6.45, 7) is 7.57. The highest BCUT2D eigenvalue weighted by Gasteiger charge is 2.29. The molecule has 1 amide bonds. The van der Waals surface area contributed by atoms with Gasteiger partial charge >= 0.3 is 0 Å². The second kappa shape index (κ2) is 4.98. The largest absolute Gasteiger partial charge is 0.486 e. The molecule has 0 radical (unpaired) electrons. The molecular weight excluding hydrogens is 256 g/mol. The minimum Gasteiger partial charge on any atom is -0.486 e. The molecule has 108 valence electrons. The van der Waals surface area contributed by atoms with Gasteiger partial charge in [-0.2, -0.15) is 0 Å². The number of amides is 1. The SMILES string of the molecule is CC1(C)CN(C(=O)c2ccc3c(c2)OCCO3)CCN1. The number of carbonyl (C=O) groups excluding carboxylic acids is 1. The van der Waals surface area contributed by atoms with Crippen LogP contribution in [0, 0.1) is 0 Å². The molecule has 1 fully saturated rings. The van der Waals surface area contributed by atoms with Gasteiger partial charge in [-0.15, -0.1) is 0 Å². The van der Waals surface area contributed by atoms with Crippen molar-refractivity contribution in [3.05, 3.63) is 23.8 Å². The molecule has 5 heteroatoms. The molecule has 0 aliphatic carbocycles. The van der Waals surface area contributed by atoms with Gasteiger partial charge in [0.25, 0.3) is 5.91 Å². The molecule has 20 heavy (non-hydrogen) atoms. The predicted octanol–water partition coefficient (Wildman–Crippen LogP) is 1.28. The summed E-state index contributed by atoms with van der Waals surface area (Å²) in [5.41, 5.74) is 0.619. The van der Waals surface area contributed by atoms with Gasteiger partial charge in [-0.3, -0.25) is 4.79 Å². The van der Waals surface area contributed by atoms with Crippen molar-refractivity contribution >= 4 is 5.91 Å². The summed E-state index contributed by atoms with van der Waals surface area (Å²) in [7, 11) is 0. The molecule has 5 nitrogen and oxygen atoms in total. The minimum atomic E-state index is -0.0400. The molecule has 0 spiro atoms. The van der Waals surface area contributed by atoms with Gasteiger partial charge in [-0.05, 0) is 32.0 Å². The molecule has 1 aromatic rings. The molecule has 1 aromatic carbocycles. The van der Waals surface area contributed by atoms with Crippen molar-refractivity contribution < 1.29 is 14.3 Å². The van der Waals surface area contributed by atoms with E-state index in [1.807, 2.05) is 17.0 Å². The Morgan fingerprint density at radius 3 is 2.75 bits per heavy atom. The molecule has 0 atom stereocenters. The van der Waals surface area contributed by atoms with Crippen molar-refractivity contribution in [3.63, 3.8) is 0 Å². The van der Waals surface area contributed by atoms with Crippen LogP contribution in [0.25, 0.3) is 0 Å². The van der Waals surface area contributed by atoms with Crippen molar-refractivity contribution in [2.24, 2.45) is 0 Å². The summed E-state index contributed by atoms with van der Waals surface area (Å²) < 4.78 is 11.0. The van der Waals surface area contributed by atoms with Crippen molar-refractivity contribution in [3.8, 4) is 11.5 Å². The molecule has 1 N–H and O–H groups in total. The normalized spacial score (nSPS) is 20.6. The molecule has 0 unspecified atom stereocenters. The number of benzene rings is 1. The highest BCUT2D eigenvalue weighted by Crippen LogP contribution is 2.31. The first-order valence-electron chi connectivity index (χ1n) is 6.99. The second-order valence-electron chi connectivity index (χ2n) is 5.90. The zero-order valence-electron chi connectivity index (χ0n) is 11.9.